The summed E-state index contributed by atoms with van der Waals surface area (Å²) in [6, 6.07) is 0.844. The second-order valence-electron chi connectivity index (χ2n) is 7.61. The van der Waals surface area contributed by atoms with E-state index in [0.29, 0.717) is 0 Å². The maximum atomic E-state index is 6.27. The minimum atomic E-state index is 0.280. The lowest BCUT2D eigenvalue weighted by atomic mass is 9.79. The summed E-state index contributed by atoms with van der Waals surface area (Å²) in [5.74, 6) is 2.46. The van der Waals surface area contributed by atoms with Gasteiger partial charge >= 0.3 is 0 Å². The number of hydrogen-bond acceptors (Lipinski definition) is 2. The van der Waals surface area contributed by atoms with Crippen molar-refractivity contribution in [3.8, 4) is 0 Å². The smallest absolute Gasteiger partial charge is 0.0339 e. The maximum Gasteiger partial charge on any atom is 0.0339 e. The standard InChI is InChI=1S/C16H32N2/c1-12(2)8-16(11-17,9-13(3)4)18-10-14-5-6-15(18)7-14/h12-15H,5-11,17H2,1-4H3. The fraction of sp³-hybridized carbons (Fsp3) is 1.00. The number of nitrogens with two attached hydrogens (primary N) is 1. The van der Waals surface area contributed by atoms with Crippen LogP contribution in [0.1, 0.15) is 59.8 Å². The summed E-state index contributed by atoms with van der Waals surface area (Å²) in [6.07, 6.45) is 6.86. The molecule has 1 saturated heterocycles. The monoisotopic (exact) mass is 252 g/mol. The molecule has 106 valence electrons. The molecule has 0 amide bonds. The van der Waals surface area contributed by atoms with E-state index in [-0.39, 0.29) is 5.54 Å². The third-order valence-corrected chi connectivity index (χ3v) is 4.97. The van der Waals surface area contributed by atoms with E-state index in [4.69, 9.17) is 5.73 Å². The van der Waals surface area contributed by atoms with Crippen LogP contribution in [0.5, 0.6) is 0 Å². The predicted molar refractivity (Wildman–Crippen MR) is 78.5 cm³/mol. The lowest BCUT2D eigenvalue weighted by Crippen LogP contribution is -2.58. The van der Waals surface area contributed by atoms with Crippen molar-refractivity contribution in [1.29, 1.82) is 0 Å². The Hall–Kier alpha value is -0.0800. The summed E-state index contributed by atoms with van der Waals surface area (Å²) in [5.41, 5.74) is 6.55. The van der Waals surface area contributed by atoms with Gasteiger partial charge < -0.3 is 5.73 Å². The van der Waals surface area contributed by atoms with Gasteiger partial charge in [-0.2, -0.15) is 0 Å². The van der Waals surface area contributed by atoms with Crippen LogP contribution in [0, 0.1) is 17.8 Å². The number of nitrogens with zero attached hydrogens (tertiary/aromatic N) is 1. The lowest BCUT2D eigenvalue weighted by Gasteiger charge is -2.48. The predicted octanol–water partition coefficient (Wildman–Crippen LogP) is 3.26. The van der Waals surface area contributed by atoms with Gasteiger partial charge in [-0.1, -0.05) is 27.7 Å². The maximum absolute atomic E-state index is 6.27. The van der Waals surface area contributed by atoms with Crippen molar-refractivity contribution in [3.05, 3.63) is 0 Å². The van der Waals surface area contributed by atoms with Gasteiger partial charge in [0.1, 0.15) is 0 Å². The Kier molecular flexibility index (Phi) is 4.38. The molecule has 2 unspecified atom stereocenters. The van der Waals surface area contributed by atoms with E-state index < -0.39 is 0 Å². The summed E-state index contributed by atoms with van der Waals surface area (Å²) in [4.78, 5) is 2.82. The van der Waals surface area contributed by atoms with E-state index in [1.165, 1.54) is 38.6 Å². The van der Waals surface area contributed by atoms with Crippen LogP contribution in [-0.4, -0.2) is 29.6 Å². The van der Waals surface area contributed by atoms with E-state index in [1.807, 2.05) is 0 Å². The van der Waals surface area contributed by atoms with Crippen molar-refractivity contribution in [2.24, 2.45) is 23.5 Å². The fourth-order valence-electron chi connectivity index (χ4n) is 4.63. The van der Waals surface area contributed by atoms with Crippen LogP contribution in [0.3, 0.4) is 0 Å². The molecule has 2 aliphatic rings. The van der Waals surface area contributed by atoms with E-state index in [0.717, 1.165) is 30.3 Å². The molecule has 1 saturated carbocycles. The first kappa shape index (κ1) is 14.3. The number of rotatable bonds is 6. The van der Waals surface area contributed by atoms with E-state index >= 15 is 0 Å². The molecule has 2 atom stereocenters. The van der Waals surface area contributed by atoms with E-state index in [2.05, 4.69) is 32.6 Å². The molecule has 18 heavy (non-hydrogen) atoms. The van der Waals surface area contributed by atoms with Crippen LogP contribution in [0.4, 0.5) is 0 Å². The highest BCUT2D eigenvalue weighted by Gasteiger charge is 2.47. The van der Waals surface area contributed by atoms with Gasteiger partial charge in [0.2, 0.25) is 0 Å². The Labute approximate surface area is 113 Å². The molecule has 2 N–H and O–H groups in total. The first-order chi connectivity index (χ1) is 8.47. The molecule has 0 spiro atoms. The highest BCUT2D eigenvalue weighted by Crippen LogP contribution is 2.44. The van der Waals surface area contributed by atoms with Crippen molar-refractivity contribution < 1.29 is 0 Å². The van der Waals surface area contributed by atoms with Crippen LogP contribution >= 0.6 is 0 Å². The molecule has 1 aliphatic carbocycles. The Balaban J connectivity index is 2.16. The fourth-order valence-corrected chi connectivity index (χ4v) is 4.63. The topological polar surface area (TPSA) is 29.3 Å². The quantitative estimate of drug-likeness (QED) is 0.786. The molecule has 2 rings (SSSR count). The minimum absolute atomic E-state index is 0.280. The van der Waals surface area contributed by atoms with Crippen LogP contribution in [0.25, 0.3) is 0 Å². The van der Waals surface area contributed by atoms with Gasteiger partial charge in [0.25, 0.3) is 0 Å². The molecule has 0 aromatic heterocycles. The molecule has 2 nitrogen and oxygen atoms in total. The summed E-state index contributed by atoms with van der Waals surface area (Å²) in [7, 11) is 0. The van der Waals surface area contributed by atoms with Crippen molar-refractivity contribution in [2.75, 3.05) is 13.1 Å². The molecule has 0 radical (unpaired) electrons. The number of likely N-dealkylation sites (tertiary alicyclic amines) is 1. The van der Waals surface area contributed by atoms with Crippen molar-refractivity contribution >= 4 is 0 Å². The van der Waals surface area contributed by atoms with Gasteiger partial charge in [0.15, 0.2) is 0 Å². The van der Waals surface area contributed by atoms with Crippen LogP contribution in [0.2, 0.25) is 0 Å². The molecule has 1 aliphatic heterocycles. The molecule has 2 heteroatoms. The molecule has 0 aromatic carbocycles. The lowest BCUT2D eigenvalue weighted by molar-refractivity contribution is 0.0267. The Bertz CT molecular complexity index is 262. The summed E-state index contributed by atoms with van der Waals surface area (Å²) < 4.78 is 0. The van der Waals surface area contributed by atoms with Crippen molar-refractivity contribution in [3.63, 3.8) is 0 Å². The molecule has 1 heterocycles. The largest absolute Gasteiger partial charge is 0.329 e. The Morgan fingerprint density at radius 3 is 2.06 bits per heavy atom. The zero-order chi connectivity index (χ0) is 13.3. The van der Waals surface area contributed by atoms with Crippen LogP contribution < -0.4 is 5.73 Å². The zero-order valence-corrected chi connectivity index (χ0v) is 12.8. The molecule has 0 aromatic rings. The third kappa shape index (κ3) is 2.75. The van der Waals surface area contributed by atoms with Crippen molar-refractivity contribution in [1.82, 2.24) is 4.90 Å². The van der Waals surface area contributed by atoms with Gasteiger partial charge in [0, 0.05) is 24.7 Å². The van der Waals surface area contributed by atoms with Gasteiger partial charge in [-0.25, -0.2) is 0 Å². The normalized spacial score (nSPS) is 28.8. The molecule has 2 fully saturated rings. The summed E-state index contributed by atoms with van der Waals surface area (Å²) >= 11 is 0. The van der Waals surface area contributed by atoms with Crippen LogP contribution in [-0.2, 0) is 0 Å². The Morgan fingerprint density at radius 2 is 1.72 bits per heavy atom. The van der Waals surface area contributed by atoms with Gasteiger partial charge in [0.05, 0.1) is 0 Å². The first-order valence-electron chi connectivity index (χ1n) is 7.93. The first-order valence-corrected chi connectivity index (χ1v) is 7.93. The van der Waals surface area contributed by atoms with Crippen molar-refractivity contribution in [2.45, 2.75) is 71.4 Å². The SMILES string of the molecule is CC(C)CC(CN)(CC(C)C)N1CC2CCC1C2. The average Bonchev–Trinajstić information content (AvgIpc) is 2.88. The van der Waals surface area contributed by atoms with Gasteiger partial charge in [-0.15, -0.1) is 0 Å². The zero-order valence-electron chi connectivity index (χ0n) is 12.8. The average molecular weight is 252 g/mol. The van der Waals surface area contributed by atoms with E-state index in [1.54, 1.807) is 0 Å². The minimum Gasteiger partial charge on any atom is -0.329 e. The molecular weight excluding hydrogens is 220 g/mol. The second-order valence-corrected chi connectivity index (χ2v) is 7.61. The van der Waals surface area contributed by atoms with Gasteiger partial charge in [-0.05, 0) is 49.9 Å². The Morgan fingerprint density at radius 1 is 1.11 bits per heavy atom. The number of hydrogen-bond donors (Lipinski definition) is 1. The number of piperidine rings is 1. The summed E-state index contributed by atoms with van der Waals surface area (Å²) in [5, 5.41) is 0. The number of fused-ring (bicyclic) bond motifs is 2. The summed E-state index contributed by atoms with van der Waals surface area (Å²) in [6.45, 7) is 11.5. The van der Waals surface area contributed by atoms with Gasteiger partial charge in [-0.3, -0.25) is 4.90 Å². The molecule has 2 bridgehead atoms. The highest BCUT2D eigenvalue weighted by atomic mass is 15.3. The third-order valence-electron chi connectivity index (χ3n) is 4.97. The molecular formula is C16H32N2. The highest BCUT2D eigenvalue weighted by molar-refractivity contribution is 5.03. The second kappa shape index (κ2) is 5.50. The van der Waals surface area contributed by atoms with Crippen LogP contribution in [0.15, 0.2) is 0 Å². The van der Waals surface area contributed by atoms with E-state index in [9.17, 15) is 0 Å².